The Hall–Kier alpha value is -2.03. The maximum absolute atomic E-state index is 11.6. The summed E-state index contributed by atoms with van der Waals surface area (Å²) in [6.07, 6.45) is 3.55. The standard InChI is InChI=1S/C16H18O3/c1-4-6-12-10-15(17)19-16-11(3)14(18-9-5-2)8-7-13(12)16/h5,7-8,10H,2,4,6,9H2,1,3H3. The second kappa shape index (κ2) is 5.74. The first-order chi connectivity index (χ1) is 9.17. The third kappa shape index (κ3) is 2.70. The van der Waals surface area contributed by atoms with Gasteiger partial charge in [-0.1, -0.05) is 26.0 Å². The van der Waals surface area contributed by atoms with Gasteiger partial charge in [0.1, 0.15) is 17.9 Å². The number of benzene rings is 1. The van der Waals surface area contributed by atoms with Crippen LogP contribution in [0.3, 0.4) is 0 Å². The van der Waals surface area contributed by atoms with Crippen molar-refractivity contribution in [3.63, 3.8) is 0 Å². The lowest BCUT2D eigenvalue weighted by Crippen LogP contribution is -2.03. The van der Waals surface area contributed by atoms with Gasteiger partial charge in [-0.25, -0.2) is 4.79 Å². The van der Waals surface area contributed by atoms with Gasteiger partial charge in [-0.15, -0.1) is 0 Å². The van der Waals surface area contributed by atoms with Crippen molar-refractivity contribution in [3.05, 3.63) is 52.4 Å². The molecule has 100 valence electrons. The fourth-order valence-electron chi connectivity index (χ4n) is 2.19. The van der Waals surface area contributed by atoms with E-state index in [1.807, 2.05) is 19.1 Å². The molecule has 0 N–H and O–H groups in total. The van der Waals surface area contributed by atoms with Crippen molar-refractivity contribution in [3.8, 4) is 5.75 Å². The average Bonchev–Trinajstić information content (AvgIpc) is 2.39. The molecule has 0 saturated carbocycles. The fourth-order valence-corrected chi connectivity index (χ4v) is 2.19. The molecule has 0 fully saturated rings. The van der Waals surface area contributed by atoms with Crippen molar-refractivity contribution in [1.29, 1.82) is 0 Å². The Morgan fingerprint density at radius 3 is 2.89 bits per heavy atom. The molecule has 0 radical (unpaired) electrons. The van der Waals surface area contributed by atoms with Crippen LogP contribution in [-0.4, -0.2) is 6.61 Å². The maximum Gasteiger partial charge on any atom is 0.336 e. The van der Waals surface area contributed by atoms with Crippen molar-refractivity contribution in [2.24, 2.45) is 0 Å². The van der Waals surface area contributed by atoms with Crippen LogP contribution >= 0.6 is 0 Å². The normalized spacial score (nSPS) is 10.6. The topological polar surface area (TPSA) is 39.4 Å². The molecule has 1 aromatic carbocycles. The zero-order chi connectivity index (χ0) is 13.8. The highest BCUT2D eigenvalue weighted by molar-refractivity contribution is 5.84. The van der Waals surface area contributed by atoms with Crippen molar-refractivity contribution >= 4 is 11.0 Å². The summed E-state index contributed by atoms with van der Waals surface area (Å²) in [6, 6.07) is 5.45. The molecule has 1 aromatic heterocycles. The van der Waals surface area contributed by atoms with Crippen LogP contribution in [0.4, 0.5) is 0 Å². The van der Waals surface area contributed by atoms with Gasteiger partial charge < -0.3 is 9.15 Å². The third-order valence-electron chi connectivity index (χ3n) is 3.07. The lowest BCUT2D eigenvalue weighted by Gasteiger charge is -2.11. The molecule has 3 heteroatoms. The SMILES string of the molecule is C=CCOc1ccc2c(CCC)cc(=O)oc2c1C. The largest absolute Gasteiger partial charge is 0.489 e. The van der Waals surface area contributed by atoms with Crippen LogP contribution in [-0.2, 0) is 6.42 Å². The minimum atomic E-state index is -0.306. The predicted molar refractivity (Wildman–Crippen MR) is 76.9 cm³/mol. The lowest BCUT2D eigenvalue weighted by molar-refractivity contribution is 0.360. The minimum Gasteiger partial charge on any atom is -0.489 e. The van der Waals surface area contributed by atoms with E-state index in [0.717, 1.165) is 35.1 Å². The van der Waals surface area contributed by atoms with Crippen molar-refractivity contribution < 1.29 is 9.15 Å². The molecule has 0 unspecified atom stereocenters. The second-order valence-electron chi connectivity index (χ2n) is 4.51. The molecule has 2 rings (SSSR count). The zero-order valence-corrected chi connectivity index (χ0v) is 11.4. The molecule has 0 aliphatic rings. The Kier molecular flexibility index (Phi) is 4.05. The van der Waals surface area contributed by atoms with Gasteiger partial charge in [0.15, 0.2) is 0 Å². The number of fused-ring (bicyclic) bond motifs is 1. The van der Waals surface area contributed by atoms with Crippen LogP contribution in [0, 0.1) is 6.92 Å². The van der Waals surface area contributed by atoms with Crippen LogP contribution in [0.2, 0.25) is 0 Å². The van der Waals surface area contributed by atoms with Crippen LogP contribution in [0.15, 0.2) is 40.1 Å². The van der Waals surface area contributed by atoms with E-state index < -0.39 is 0 Å². The number of hydrogen-bond donors (Lipinski definition) is 0. The monoisotopic (exact) mass is 258 g/mol. The summed E-state index contributed by atoms with van der Waals surface area (Å²) >= 11 is 0. The first-order valence-electron chi connectivity index (χ1n) is 6.47. The summed E-state index contributed by atoms with van der Waals surface area (Å²) in [6.45, 7) is 8.05. The van der Waals surface area contributed by atoms with Gasteiger partial charge in [0.25, 0.3) is 0 Å². The van der Waals surface area contributed by atoms with Gasteiger partial charge in [-0.05, 0) is 31.0 Å². The first-order valence-corrected chi connectivity index (χ1v) is 6.47. The highest BCUT2D eigenvalue weighted by Gasteiger charge is 2.11. The van der Waals surface area contributed by atoms with E-state index in [0.29, 0.717) is 12.2 Å². The first kappa shape index (κ1) is 13.4. The Labute approximate surface area is 112 Å². The quantitative estimate of drug-likeness (QED) is 0.607. The van der Waals surface area contributed by atoms with E-state index in [-0.39, 0.29) is 5.63 Å². The molecule has 0 bridgehead atoms. The molecule has 0 saturated heterocycles. The molecular formula is C16H18O3. The van der Waals surface area contributed by atoms with E-state index in [1.54, 1.807) is 12.1 Å². The zero-order valence-electron chi connectivity index (χ0n) is 11.4. The summed E-state index contributed by atoms with van der Waals surface area (Å²) in [4.78, 5) is 11.6. The third-order valence-corrected chi connectivity index (χ3v) is 3.07. The van der Waals surface area contributed by atoms with E-state index in [1.165, 1.54) is 0 Å². The summed E-state index contributed by atoms with van der Waals surface area (Å²) in [7, 11) is 0. The Morgan fingerprint density at radius 1 is 1.42 bits per heavy atom. The summed E-state index contributed by atoms with van der Waals surface area (Å²) in [5.74, 6) is 0.726. The smallest absolute Gasteiger partial charge is 0.336 e. The van der Waals surface area contributed by atoms with E-state index >= 15 is 0 Å². The van der Waals surface area contributed by atoms with Gasteiger partial charge in [-0.3, -0.25) is 0 Å². The Morgan fingerprint density at radius 2 is 2.21 bits per heavy atom. The van der Waals surface area contributed by atoms with E-state index in [9.17, 15) is 4.79 Å². The van der Waals surface area contributed by atoms with E-state index in [4.69, 9.17) is 9.15 Å². The molecule has 0 spiro atoms. The molecule has 2 aromatic rings. The van der Waals surface area contributed by atoms with E-state index in [2.05, 4.69) is 13.5 Å². The van der Waals surface area contributed by atoms with Gasteiger partial charge >= 0.3 is 5.63 Å². The molecule has 3 nitrogen and oxygen atoms in total. The van der Waals surface area contributed by atoms with Crippen molar-refractivity contribution in [1.82, 2.24) is 0 Å². The lowest BCUT2D eigenvalue weighted by atomic mass is 10.0. The summed E-state index contributed by atoms with van der Waals surface area (Å²) in [5, 5.41) is 0.991. The summed E-state index contributed by atoms with van der Waals surface area (Å²) in [5.41, 5.74) is 2.21. The molecule has 0 amide bonds. The molecule has 1 heterocycles. The predicted octanol–water partition coefficient (Wildman–Crippen LogP) is 3.62. The Bertz CT molecular complexity index is 653. The number of aryl methyl sites for hydroxylation is 2. The molecule has 0 aliphatic heterocycles. The Balaban J connectivity index is 2.61. The molecular weight excluding hydrogens is 240 g/mol. The minimum absolute atomic E-state index is 0.306. The van der Waals surface area contributed by atoms with Gasteiger partial charge in [-0.2, -0.15) is 0 Å². The average molecular weight is 258 g/mol. The van der Waals surface area contributed by atoms with Crippen molar-refractivity contribution in [2.45, 2.75) is 26.7 Å². The molecule has 0 atom stereocenters. The van der Waals surface area contributed by atoms with Crippen molar-refractivity contribution in [2.75, 3.05) is 6.61 Å². The highest BCUT2D eigenvalue weighted by atomic mass is 16.5. The summed E-state index contributed by atoms with van der Waals surface area (Å²) < 4.78 is 10.9. The van der Waals surface area contributed by atoms with Crippen LogP contribution in [0.1, 0.15) is 24.5 Å². The molecule has 19 heavy (non-hydrogen) atoms. The van der Waals surface area contributed by atoms with Gasteiger partial charge in [0, 0.05) is 17.0 Å². The molecule has 0 aliphatic carbocycles. The number of hydrogen-bond acceptors (Lipinski definition) is 3. The fraction of sp³-hybridized carbons (Fsp3) is 0.312. The van der Waals surface area contributed by atoms with Crippen LogP contribution < -0.4 is 10.4 Å². The van der Waals surface area contributed by atoms with Crippen LogP contribution in [0.25, 0.3) is 11.0 Å². The number of ether oxygens (including phenoxy) is 1. The second-order valence-corrected chi connectivity index (χ2v) is 4.51. The van der Waals surface area contributed by atoms with Gasteiger partial charge in [0.2, 0.25) is 0 Å². The van der Waals surface area contributed by atoms with Crippen LogP contribution in [0.5, 0.6) is 5.75 Å². The highest BCUT2D eigenvalue weighted by Crippen LogP contribution is 2.28. The van der Waals surface area contributed by atoms with Gasteiger partial charge in [0.05, 0.1) is 0 Å². The maximum atomic E-state index is 11.6. The number of rotatable bonds is 5.